The maximum absolute atomic E-state index is 11.8. The van der Waals surface area contributed by atoms with E-state index >= 15 is 0 Å². The van der Waals surface area contributed by atoms with Gasteiger partial charge in [-0.05, 0) is 11.6 Å². The van der Waals surface area contributed by atoms with Gasteiger partial charge in [0.25, 0.3) is 0 Å². The molecule has 0 aliphatic carbocycles. The topological polar surface area (TPSA) is 95.1 Å². The summed E-state index contributed by atoms with van der Waals surface area (Å²) in [7, 11) is 0. The SMILES string of the molecule is O=C(Cc1ccn[nH]1)N[C@@H](Cc1ccccc1)C(=O)O. The van der Waals surface area contributed by atoms with Crippen LogP contribution in [0.25, 0.3) is 0 Å². The number of benzene rings is 1. The smallest absolute Gasteiger partial charge is 0.326 e. The van der Waals surface area contributed by atoms with E-state index in [-0.39, 0.29) is 18.7 Å². The van der Waals surface area contributed by atoms with Crippen molar-refractivity contribution in [3.05, 3.63) is 53.9 Å². The van der Waals surface area contributed by atoms with E-state index in [0.717, 1.165) is 5.56 Å². The molecular weight excluding hydrogens is 258 g/mol. The predicted octanol–water partition coefficient (Wildman–Crippen LogP) is 0.764. The summed E-state index contributed by atoms with van der Waals surface area (Å²) in [5, 5.41) is 18.1. The van der Waals surface area contributed by atoms with Crippen molar-refractivity contribution in [3.8, 4) is 0 Å². The highest BCUT2D eigenvalue weighted by atomic mass is 16.4. The molecule has 0 unspecified atom stereocenters. The summed E-state index contributed by atoms with van der Waals surface area (Å²) in [6, 6.07) is 9.92. The van der Waals surface area contributed by atoms with Gasteiger partial charge in [0.05, 0.1) is 6.42 Å². The van der Waals surface area contributed by atoms with E-state index in [9.17, 15) is 14.7 Å². The molecule has 0 aliphatic rings. The van der Waals surface area contributed by atoms with Crippen LogP contribution in [0.2, 0.25) is 0 Å². The van der Waals surface area contributed by atoms with Crippen molar-refractivity contribution in [1.29, 1.82) is 0 Å². The normalized spacial score (nSPS) is 11.8. The van der Waals surface area contributed by atoms with Gasteiger partial charge in [0.15, 0.2) is 0 Å². The third-order valence-electron chi connectivity index (χ3n) is 2.83. The molecule has 0 radical (unpaired) electrons. The first-order chi connectivity index (χ1) is 9.65. The van der Waals surface area contributed by atoms with Crippen LogP contribution in [0.15, 0.2) is 42.6 Å². The number of nitrogens with one attached hydrogen (secondary N) is 2. The second kappa shape index (κ2) is 6.51. The minimum Gasteiger partial charge on any atom is -0.480 e. The number of hydrogen-bond acceptors (Lipinski definition) is 3. The van der Waals surface area contributed by atoms with Gasteiger partial charge in [0, 0.05) is 18.3 Å². The second-order valence-corrected chi connectivity index (χ2v) is 4.41. The Balaban J connectivity index is 1.95. The van der Waals surface area contributed by atoms with Crippen molar-refractivity contribution >= 4 is 11.9 Å². The minimum absolute atomic E-state index is 0.0819. The van der Waals surface area contributed by atoms with E-state index in [2.05, 4.69) is 15.5 Å². The summed E-state index contributed by atoms with van der Waals surface area (Å²) in [6.07, 6.45) is 1.88. The molecule has 1 amide bonds. The Labute approximate surface area is 115 Å². The monoisotopic (exact) mass is 273 g/mol. The Morgan fingerprint density at radius 1 is 1.25 bits per heavy atom. The van der Waals surface area contributed by atoms with Crippen LogP contribution in [0.4, 0.5) is 0 Å². The van der Waals surface area contributed by atoms with Gasteiger partial charge in [-0.1, -0.05) is 30.3 Å². The van der Waals surface area contributed by atoms with Crippen molar-refractivity contribution in [2.45, 2.75) is 18.9 Å². The zero-order valence-electron chi connectivity index (χ0n) is 10.7. The van der Waals surface area contributed by atoms with Crippen LogP contribution in [0.3, 0.4) is 0 Å². The molecule has 1 heterocycles. The summed E-state index contributed by atoms with van der Waals surface area (Å²) in [5.41, 5.74) is 1.51. The molecule has 1 atom stereocenters. The quantitative estimate of drug-likeness (QED) is 0.724. The number of H-pyrrole nitrogens is 1. The fraction of sp³-hybridized carbons (Fsp3) is 0.214. The minimum atomic E-state index is -1.05. The number of carbonyl (C=O) groups excluding carboxylic acids is 1. The molecule has 0 bridgehead atoms. The Morgan fingerprint density at radius 3 is 2.60 bits per heavy atom. The molecule has 6 nitrogen and oxygen atoms in total. The lowest BCUT2D eigenvalue weighted by atomic mass is 10.1. The van der Waals surface area contributed by atoms with E-state index in [0.29, 0.717) is 5.69 Å². The van der Waals surface area contributed by atoms with Gasteiger partial charge in [-0.15, -0.1) is 0 Å². The summed E-state index contributed by atoms with van der Waals surface area (Å²) >= 11 is 0. The lowest BCUT2D eigenvalue weighted by molar-refractivity contribution is -0.141. The van der Waals surface area contributed by atoms with Crippen LogP contribution in [-0.2, 0) is 22.4 Å². The molecule has 1 aromatic heterocycles. The number of carbonyl (C=O) groups is 2. The van der Waals surface area contributed by atoms with E-state index in [1.165, 1.54) is 0 Å². The molecule has 0 saturated carbocycles. The molecule has 3 N–H and O–H groups in total. The number of hydrogen-bond donors (Lipinski definition) is 3. The molecule has 1 aromatic carbocycles. The Kier molecular flexibility index (Phi) is 4.49. The molecule has 0 fully saturated rings. The molecule has 104 valence electrons. The van der Waals surface area contributed by atoms with Gasteiger partial charge in [-0.25, -0.2) is 4.79 Å². The molecule has 6 heteroatoms. The highest BCUT2D eigenvalue weighted by molar-refractivity contribution is 5.84. The van der Waals surface area contributed by atoms with Gasteiger partial charge >= 0.3 is 5.97 Å². The van der Waals surface area contributed by atoms with Crippen molar-refractivity contribution in [1.82, 2.24) is 15.5 Å². The molecule has 0 saturated heterocycles. The first-order valence-corrected chi connectivity index (χ1v) is 6.19. The van der Waals surface area contributed by atoms with E-state index in [4.69, 9.17) is 0 Å². The van der Waals surface area contributed by atoms with E-state index in [1.54, 1.807) is 12.3 Å². The van der Waals surface area contributed by atoms with Gasteiger partial charge < -0.3 is 10.4 Å². The number of aromatic amines is 1. The highest BCUT2D eigenvalue weighted by Gasteiger charge is 2.20. The molecule has 2 aromatic rings. The van der Waals surface area contributed by atoms with Crippen molar-refractivity contribution in [2.24, 2.45) is 0 Å². The van der Waals surface area contributed by atoms with Gasteiger partial charge in [-0.3, -0.25) is 9.89 Å². The zero-order valence-corrected chi connectivity index (χ0v) is 10.7. The third kappa shape index (κ3) is 3.94. The number of carboxylic acids is 1. The first kappa shape index (κ1) is 13.8. The number of carboxylic acid groups (broad SMARTS) is 1. The number of amides is 1. The van der Waals surface area contributed by atoms with Crippen LogP contribution in [0.1, 0.15) is 11.3 Å². The summed E-state index contributed by atoms with van der Waals surface area (Å²) in [4.78, 5) is 23.0. The van der Waals surface area contributed by atoms with Gasteiger partial charge in [-0.2, -0.15) is 5.10 Å². The Morgan fingerprint density at radius 2 is 2.00 bits per heavy atom. The molecular formula is C14H15N3O3. The number of nitrogens with zero attached hydrogens (tertiary/aromatic N) is 1. The van der Waals surface area contributed by atoms with Crippen molar-refractivity contribution in [2.75, 3.05) is 0 Å². The standard InChI is InChI=1S/C14H15N3O3/c18-13(9-11-6-7-15-17-11)16-12(14(19)20)8-10-4-2-1-3-5-10/h1-7,12H,8-9H2,(H,15,17)(H,16,18)(H,19,20)/t12-/m0/s1. The maximum atomic E-state index is 11.8. The van der Waals surface area contributed by atoms with Gasteiger partial charge in [0.1, 0.15) is 6.04 Å². The fourth-order valence-corrected chi connectivity index (χ4v) is 1.85. The average molecular weight is 273 g/mol. The number of aromatic nitrogens is 2. The number of rotatable bonds is 6. The second-order valence-electron chi connectivity index (χ2n) is 4.41. The Bertz CT molecular complexity index is 567. The molecule has 0 aliphatic heterocycles. The van der Waals surface area contributed by atoms with E-state index < -0.39 is 12.0 Å². The lowest BCUT2D eigenvalue weighted by Gasteiger charge is -2.14. The van der Waals surface area contributed by atoms with Crippen LogP contribution < -0.4 is 5.32 Å². The van der Waals surface area contributed by atoms with Crippen LogP contribution in [-0.4, -0.2) is 33.2 Å². The Hall–Kier alpha value is -2.63. The first-order valence-electron chi connectivity index (χ1n) is 6.19. The van der Waals surface area contributed by atoms with Crippen LogP contribution in [0, 0.1) is 0 Å². The number of aliphatic carboxylic acids is 1. The van der Waals surface area contributed by atoms with E-state index in [1.807, 2.05) is 30.3 Å². The highest BCUT2D eigenvalue weighted by Crippen LogP contribution is 2.04. The van der Waals surface area contributed by atoms with Gasteiger partial charge in [0.2, 0.25) is 5.91 Å². The summed E-state index contributed by atoms with van der Waals surface area (Å²) < 4.78 is 0. The van der Waals surface area contributed by atoms with Crippen LogP contribution in [0.5, 0.6) is 0 Å². The molecule has 0 spiro atoms. The fourth-order valence-electron chi connectivity index (χ4n) is 1.85. The van der Waals surface area contributed by atoms with Crippen molar-refractivity contribution < 1.29 is 14.7 Å². The third-order valence-corrected chi connectivity index (χ3v) is 2.83. The zero-order chi connectivity index (χ0) is 14.4. The maximum Gasteiger partial charge on any atom is 0.326 e. The summed E-state index contributed by atoms with van der Waals surface area (Å²) in [5.74, 6) is -1.40. The molecule has 20 heavy (non-hydrogen) atoms. The van der Waals surface area contributed by atoms with Crippen molar-refractivity contribution in [3.63, 3.8) is 0 Å². The summed E-state index contributed by atoms with van der Waals surface area (Å²) in [6.45, 7) is 0. The largest absolute Gasteiger partial charge is 0.480 e. The van der Waals surface area contributed by atoms with Crippen LogP contribution >= 0.6 is 0 Å². The lowest BCUT2D eigenvalue weighted by Crippen LogP contribution is -2.43. The predicted molar refractivity (Wildman–Crippen MR) is 72.0 cm³/mol. The average Bonchev–Trinajstić information content (AvgIpc) is 2.92. The molecule has 2 rings (SSSR count).